The fraction of sp³-hybridized carbons (Fsp3) is 0.455. The van der Waals surface area contributed by atoms with E-state index in [2.05, 4.69) is 63.4 Å². The van der Waals surface area contributed by atoms with Gasteiger partial charge in [0.25, 0.3) is 0 Å². The first kappa shape index (κ1) is 24.6. The molecule has 8 nitrogen and oxygen atoms in total. The zero-order valence-corrected chi connectivity index (χ0v) is 21.8. The van der Waals surface area contributed by atoms with Crippen LogP contribution in [-0.2, 0) is 4.79 Å². The second-order valence-corrected chi connectivity index (χ2v) is 10.6. The zero-order valence-electron chi connectivity index (χ0n) is 18.7. The molecule has 0 aliphatic rings. The first-order valence-corrected chi connectivity index (χ1v) is 14.8. The lowest BCUT2D eigenvalue weighted by Gasteiger charge is -2.21. The van der Waals surface area contributed by atoms with E-state index in [9.17, 15) is 4.79 Å². The number of anilines is 3. The minimum absolute atomic E-state index is 0.150. The summed E-state index contributed by atoms with van der Waals surface area (Å²) in [7, 11) is 0. The highest BCUT2D eigenvalue weighted by Gasteiger charge is 2.18. The Morgan fingerprint density at radius 1 is 1.12 bits per heavy atom. The second-order valence-electron chi connectivity index (χ2n) is 8.51. The van der Waals surface area contributed by atoms with Crippen LogP contribution < -0.4 is 15.4 Å². The molecule has 1 atom stereocenters. The van der Waals surface area contributed by atoms with E-state index in [1.54, 1.807) is 6.33 Å². The number of imidazole rings is 1. The van der Waals surface area contributed by atoms with Crippen LogP contribution in [0.4, 0.5) is 17.5 Å². The van der Waals surface area contributed by atoms with Gasteiger partial charge in [-0.25, -0.2) is 4.98 Å². The van der Waals surface area contributed by atoms with Gasteiger partial charge >= 0.3 is 0 Å². The van der Waals surface area contributed by atoms with Gasteiger partial charge in [-0.2, -0.15) is 9.97 Å². The highest BCUT2D eigenvalue weighted by molar-refractivity contribution is 14.2. The third-order valence-electron chi connectivity index (χ3n) is 4.58. The smallest absolute Gasteiger partial charge is 0.231 e. The number of rotatable bonds is 12. The van der Waals surface area contributed by atoms with E-state index >= 15 is 0 Å². The molecule has 3 rings (SSSR count). The first-order chi connectivity index (χ1) is 15.4. The van der Waals surface area contributed by atoms with Crippen molar-refractivity contribution in [2.75, 3.05) is 17.2 Å². The Morgan fingerprint density at radius 3 is 2.56 bits per heavy atom. The van der Waals surface area contributed by atoms with E-state index < -0.39 is 0 Å². The predicted octanol–water partition coefficient (Wildman–Crippen LogP) is 6.10. The molecule has 0 saturated carbocycles. The summed E-state index contributed by atoms with van der Waals surface area (Å²) in [5.41, 5.74) is 2.30. The standard InChI is InChI=1S/C22H30IN6O2P/c1-22(2,3)28-19-18-20(29(32-23)15-24-18)27-21(26-19)25-16-9-11-17(12-10-16)31-14-8-6-4-5-7-13-30/h9-13,15,32H,4-8,14H2,1-3H3,(H2,25,26,27,28). The van der Waals surface area contributed by atoms with Crippen LogP contribution >= 0.6 is 28.4 Å². The van der Waals surface area contributed by atoms with Crippen LogP contribution in [0.3, 0.4) is 0 Å². The van der Waals surface area contributed by atoms with Gasteiger partial charge in [0.15, 0.2) is 17.0 Å². The molecule has 2 heterocycles. The van der Waals surface area contributed by atoms with E-state index in [1.807, 2.05) is 28.6 Å². The van der Waals surface area contributed by atoms with Crippen LogP contribution in [0, 0.1) is 0 Å². The summed E-state index contributed by atoms with van der Waals surface area (Å²) in [6.45, 7) is 6.95. The number of ether oxygens (including phenoxy) is 1. The maximum absolute atomic E-state index is 10.3. The predicted molar refractivity (Wildman–Crippen MR) is 141 cm³/mol. The quantitative estimate of drug-likeness (QED) is 0.118. The zero-order chi connectivity index (χ0) is 23.0. The fourth-order valence-electron chi connectivity index (χ4n) is 3.10. The van der Waals surface area contributed by atoms with Gasteiger partial charge in [-0.05, 0) is 79.9 Å². The molecule has 0 aliphatic carbocycles. The molecular formula is C22H30IN6O2P. The number of hydrogen-bond donors (Lipinski definition) is 2. The summed E-state index contributed by atoms with van der Waals surface area (Å²) in [6, 6.07) is 7.80. The monoisotopic (exact) mass is 568 g/mol. The number of hydrogen-bond acceptors (Lipinski definition) is 7. The van der Waals surface area contributed by atoms with Crippen molar-refractivity contribution in [2.24, 2.45) is 0 Å². The average Bonchev–Trinajstić information content (AvgIpc) is 3.16. The van der Waals surface area contributed by atoms with Gasteiger partial charge in [0.2, 0.25) is 5.95 Å². The number of carbonyl (C=O) groups is 1. The molecule has 0 fully saturated rings. The van der Waals surface area contributed by atoms with Gasteiger partial charge in [-0.3, -0.25) is 4.34 Å². The highest BCUT2D eigenvalue weighted by Crippen LogP contribution is 2.32. The average molecular weight is 568 g/mol. The molecule has 1 aromatic carbocycles. The summed E-state index contributed by atoms with van der Waals surface area (Å²) in [6.07, 6.45) is 8.03. The molecule has 0 radical (unpaired) electrons. The number of benzene rings is 1. The van der Waals surface area contributed by atoms with E-state index in [0.29, 0.717) is 31.2 Å². The molecule has 32 heavy (non-hydrogen) atoms. The molecule has 1 unspecified atom stereocenters. The summed E-state index contributed by atoms with van der Waals surface area (Å²) in [5, 5.41) is 6.74. The topological polar surface area (TPSA) is 94.0 Å². The Kier molecular flexibility index (Phi) is 9.04. The summed E-state index contributed by atoms with van der Waals surface area (Å²) >= 11 is 2.32. The molecular weight excluding hydrogens is 538 g/mol. The number of nitrogens with one attached hydrogen (secondary N) is 2. The van der Waals surface area contributed by atoms with E-state index in [-0.39, 0.29) is 5.54 Å². The lowest BCUT2D eigenvalue weighted by molar-refractivity contribution is -0.107. The summed E-state index contributed by atoms with van der Waals surface area (Å²) in [4.78, 5) is 24.2. The molecule has 0 spiro atoms. The minimum atomic E-state index is -0.150. The lowest BCUT2D eigenvalue weighted by Crippen LogP contribution is -2.27. The summed E-state index contributed by atoms with van der Waals surface area (Å²) in [5.74, 6) is 2.07. The Hall–Kier alpha value is -2.00. The van der Waals surface area contributed by atoms with Crippen molar-refractivity contribution in [3.8, 4) is 5.75 Å². The van der Waals surface area contributed by atoms with Gasteiger partial charge in [-0.1, -0.05) is 12.8 Å². The molecule has 172 valence electrons. The van der Waals surface area contributed by atoms with Crippen LogP contribution in [0.15, 0.2) is 30.6 Å². The van der Waals surface area contributed by atoms with Crippen molar-refractivity contribution in [2.45, 2.75) is 58.4 Å². The van der Waals surface area contributed by atoms with E-state index in [4.69, 9.17) is 9.72 Å². The Labute approximate surface area is 203 Å². The molecule has 0 saturated heterocycles. The largest absolute Gasteiger partial charge is 0.494 e. The van der Waals surface area contributed by atoms with Crippen molar-refractivity contribution in [3.05, 3.63) is 30.6 Å². The molecule has 10 heteroatoms. The van der Waals surface area contributed by atoms with Gasteiger partial charge < -0.3 is 20.2 Å². The first-order valence-electron chi connectivity index (χ1n) is 10.7. The molecule has 0 bridgehead atoms. The maximum atomic E-state index is 10.3. The van der Waals surface area contributed by atoms with Gasteiger partial charge in [0, 0.05) is 17.6 Å². The maximum Gasteiger partial charge on any atom is 0.231 e. The third-order valence-corrected chi connectivity index (χ3v) is 6.64. The van der Waals surface area contributed by atoms with Crippen molar-refractivity contribution in [1.82, 2.24) is 19.3 Å². The number of nitrogens with zero attached hydrogens (tertiary/aromatic N) is 4. The third kappa shape index (κ3) is 7.27. The van der Waals surface area contributed by atoms with Crippen molar-refractivity contribution in [3.63, 3.8) is 0 Å². The highest BCUT2D eigenvalue weighted by atomic mass is 127. The van der Waals surface area contributed by atoms with Crippen molar-refractivity contribution < 1.29 is 9.53 Å². The SMILES string of the molecule is CC(C)(C)Nc1nc(Nc2ccc(OCCCCCCC=O)cc2)nc2c1ncn2PI. The molecule has 0 aliphatic heterocycles. The summed E-state index contributed by atoms with van der Waals surface area (Å²) < 4.78 is 7.84. The van der Waals surface area contributed by atoms with Crippen LogP contribution in [0.5, 0.6) is 5.75 Å². The lowest BCUT2D eigenvalue weighted by atomic mass is 10.1. The Morgan fingerprint density at radius 2 is 1.88 bits per heavy atom. The minimum Gasteiger partial charge on any atom is -0.494 e. The van der Waals surface area contributed by atoms with E-state index in [1.165, 1.54) is 0 Å². The Bertz CT molecular complexity index is 1020. The Balaban J connectivity index is 1.65. The number of halogens is 1. The van der Waals surface area contributed by atoms with Crippen molar-refractivity contribution >= 4 is 63.3 Å². The number of unbranched alkanes of at least 4 members (excludes halogenated alkanes) is 4. The van der Waals surface area contributed by atoms with Crippen LogP contribution in [-0.4, -0.2) is 37.7 Å². The number of aromatic nitrogens is 4. The second kappa shape index (κ2) is 11.7. The van der Waals surface area contributed by atoms with Crippen molar-refractivity contribution in [1.29, 1.82) is 0 Å². The van der Waals surface area contributed by atoms with Crippen LogP contribution in [0.2, 0.25) is 0 Å². The van der Waals surface area contributed by atoms with Gasteiger partial charge in [-0.15, -0.1) is 0 Å². The molecule has 3 aromatic rings. The fourth-order valence-corrected chi connectivity index (χ4v) is 4.49. The van der Waals surface area contributed by atoms with E-state index in [0.717, 1.165) is 54.6 Å². The number of carbonyl (C=O) groups excluding carboxylic acids is 1. The number of fused-ring (bicyclic) bond motifs is 1. The number of aldehydes is 1. The van der Waals surface area contributed by atoms with Gasteiger partial charge in [0.1, 0.15) is 18.4 Å². The van der Waals surface area contributed by atoms with Gasteiger partial charge in [0.05, 0.1) is 13.0 Å². The molecule has 2 N–H and O–H groups in total. The molecule has 0 amide bonds. The normalized spacial score (nSPS) is 11.9. The van der Waals surface area contributed by atoms with Crippen LogP contribution in [0.25, 0.3) is 11.2 Å². The molecule has 2 aromatic heterocycles. The van der Waals surface area contributed by atoms with Crippen LogP contribution in [0.1, 0.15) is 52.9 Å².